The van der Waals surface area contributed by atoms with Gasteiger partial charge >= 0.3 is 6.03 Å². The van der Waals surface area contributed by atoms with Gasteiger partial charge in [-0.05, 0) is 86.1 Å². The van der Waals surface area contributed by atoms with Crippen LogP contribution in [0.5, 0.6) is 0 Å². The van der Waals surface area contributed by atoms with E-state index in [4.69, 9.17) is 5.73 Å². The van der Waals surface area contributed by atoms with Crippen LogP contribution in [0.2, 0.25) is 0 Å². The summed E-state index contributed by atoms with van der Waals surface area (Å²) in [6, 6.07) is 24.6. The van der Waals surface area contributed by atoms with Crippen LogP contribution in [0.3, 0.4) is 0 Å². The molecule has 1 aliphatic heterocycles. The first-order chi connectivity index (χ1) is 17.9. The highest BCUT2D eigenvalue weighted by Crippen LogP contribution is 2.26. The number of hydrogen-bond acceptors (Lipinski definition) is 4. The van der Waals surface area contributed by atoms with E-state index >= 15 is 0 Å². The second-order valence-corrected chi connectivity index (χ2v) is 9.75. The maximum Gasteiger partial charge on any atom is 0.319 e. The Morgan fingerprint density at radius 2 is 1.76 bits per heavy atom. The zero-order valence-corrected chi connectivity index (χ0v) is 20.8. The van der Waals surface area contributed by atoms with Gasteiger partial charge in [0.05, 0.1) is 24.3 Å². The fraction of sp³-hybridized carbons (Fsp3) is 0.333. The summed E-state index contributed by atoms with van der Waals surface area (Å²) in [4.78, 5) is 16.0. The minimum atomic E-state index is -0.855. The van der Waals surface area contributed by atoms with Crippen molar-refractivity contribution in [1.29, 1.82) is 5.26 Å². The Balaban J connectivity index is 1.48. The van der Waals surface area contributed by atoms with Crippen molar-refractivity contribution in [3.8, 4) is 6.07 Å². The number of aliphatic hydroxyl groups is 1. The van der Waals surface area contributed by atoms with Gasteiger partial charge in [0.15, 0.2) is 0 Å². The SMILES string of the molecule is N#Cc1cccc(N(CC(O)C(Cc2ccccc2)N2CCC(Cc3ccc(F)cc3)CC2)C(N)=O)c1. The van der Waals surface area contributed by atoms with Crippen LogP contribution < -0.4 is 10.6 Å². The van der Waals surface area contributed by atoms with E-state index in [1.165, 1.54) is 17.0 Å². The molecule has 0 radical (unpaired) electrons. The Morgan fingerprint density at radius 3 is 2.41 bits per heavy atom. The van der Waals surface area contributed by atoms with E-state index in [0.717, 1.165) is 43.5 Å². The van der Waals surface area contributed by atoms with Crippen molar-refractivity contribution in [1.82, 2.24) is 4.90 Å². The van der Waals surface area contributed by atoms with Gasteiger partial charge in [0.1, 0.15) is 5.82 Å². The summed E-state index contributed by atoms with van der Waals surface area (Å²) in [5, 5.41) is 20.7. The molecule has 0 spiro atoms. The van der Waals surface area contributed by atoms with Crippen LogP contribution in [0, 0.1) is 23.1 Å². The maximum atomic E-state index is 13.3. The maximum absolute atomic E-state index is 13.3. The molecule has 2 atom stereocenters. The molecular weight excluding hydrogens is 467 g/mol. The molecule has 0 aromatic heterocycles. The van der Waals surface area contributed by atoms with Gasteiger partial charge in [0.25, 0.3) is 0 Å². The van der Waals surface area contributed by atoms with Crippen molar-refractivity contribution >= 4 is 11.7 Å². The van der Waals surface area contributed by atoms with Gasteiger partial charge in [-0.15, -0.1) is 0 Å². The lowest BCUT2D eigenvalue weighted by atomic mass is 9.88. The number of nitrogens with zero attached hydrogens (tertiary/aromatic N) is 3. The van der Waals surface area contributed by atoms with Crippen LogP contribution in [-0.2, 0) is 12.8 Å². The van der Waals surface area contributed by atoms with E-state index in [0.29, 0.717) is 23.6 Å². The molecule has 192 valence electrons. The molecule has 3 aromatic carbocycles. The summed E-state index contributed by atoms with van der Waals surface area (Å²) in [5.74, 6) is 0.271. The minimum Gasteiger partial charge on any atom is -0.390 e. The van der Waals surface area contributed by atoms with E-state index in [1.54, 1.807) is 24.3 Å². The predicted octanol–water partition coefficient (Wildman–Crippen LogP) is 4.51. The number of aliphatic hydroxyl groups excluding tert-OH is 1. The largest absolute Gasteiger partial charge is 0.390 e. The van der Waals surface area contributed by atoms with E-state index in [1.807, 2.05) is 42.5 Å². The molecular formula is C30H33FN4O2. The number of carbonyl (C=O) groups excluding carboxylic acids is 1. The average molecular weight is 501 g/mol. The summed E-state index contributed by atoms with van der Waals surface area (Å²) < 4.78 is 13.3. The van der Waals surface area contributed by atoms with Crippen molar-refractivity contribution in [2.45, 2.75) is 37.8 Å². The normalized spacial score (nSPS) is 16.0. The van der Waals surface area contributed by atoms with Gasteiger partial charge in [-0.3, -0.25) is 9.80 Å². The van der Waals surface area contributed by atoms with Gasteiger partial charge in [0.2, 0.25) is 0 Å². The minimum absolute atomic E-state index is 0.0250. The van der Waals surface area contributed by atoms with Crippen molar-refractivity contribution in [3.63, 3.8) is 0 Å². The number of hydrogen-bond donors (Lipinski definition) is 2. The highest BCUT2D eigenvalue weighted by molar-refractivity contribution is 5.90. The van der Waals surface area contributed by atoms with Gasteiger partial charge < -0.3 is 10.8 Å². The number of primary amides is 1. The number of halogens is 1. The van der Waals surface area contributed by atoms with Crippen LogP contribution in [-0.4, -0.2) is 47.8 Å². The first kappa shape index (κ1) is 26.3. The fourth-order valence-electron chi connectivity index (χ4n) is 5.18. The van der Waals surface area contributed by atoms with Crippen LogP contribution in [0.1, 0.15) is 29.5 Å². The summed E-state index contributed by atoms with van der Waals surface area (Å²) in [5.41, 5.74) is 8.85. The molecule has 2 amide bonds. The third kappa shape index (κ3) is 7.16. The highest BCUT2D eigenvalue weighted by Gasteiger charge is 2.32. The van der Waals surface area contributed by atoms with Gasteiger partial charge in [0, 0.05) is 11.7 Å². The third-order valence-electron chi connectivity index (χ3n) is 7.21. The van der Waals surface area contributed by atoms with Gasteiger partial charge in [-0.1, -0.05) is 48.5 Å². The third-order valence-corrected chi connectivity index (χ3v) is 7.21. The van der Waals surface area contributed by atoms with Crippen molar-refractivity contribution in [3.05, 3.63) is 101 Å². The Labute approximate surface area is 217 Å². The molecule has 1 saturated heterocycles. The zero-order valence-electron chi connectivity index (χ0n) is 20.8. The molecule has 1 aliphatic rings. The number of amides is 2. The number of rotatable bonds is 9. The number of likely N-dealkylation sites (tertiary alicyclic amines) is 1. The second-order valence-electron chi connectivity index (χ2n) is 9.75. The van der Waals surface area contributed by atoms with Crippen LogP contribution in [0.25, 0.3) is 0 Å². The summed E-state index contributed by atoms with van der Waals surface area (Å²) in [6.07, 6.45) is 2.63. The zero-order chi connectivity index (χ0) is 26.2. The highest BCUT2D eigenvalue weighted by atomic mass is 19.1. The number of piperidine rings is 1. The summed E-state index contributed by atoms with van der Waals surface area (Å²) >= 11 is 0. The number of anilines is 1. The lowest BCUT2D eigenvalue weighted by molar-refractivity contribution is 0.0334. The average Bonchev–Trinajstić information content (AvgIpc) is 2.92. The summed E-state index contributed by atoms with van der Waals surface area (Å²) in [6.45, 7) is 1.67. The monoisotopic (exact) mass is 500 g/mol. The molecule has 0 bridgehead atoms. The van der Waals surface area contributed by atoms with Crippen LogP contribution in [0.4, 0.5) is 14.9 Å². The quantitative estimate of drug-likeness (QED) is 0.452. The van der Waals surface area contributed by atoms with Crippen molar-refractivity contribution < 1.29 is 14.3 Å². The molecule has 1 heterocycles. The Bertz CT molecular complexity index is 1200. The van der Waals surface area contributed by atoms with Crippen molar-refractivity contribution in [2.24, 2.45) is 11.7 Å². The van der Waals surface area contributed by atoms with Crippen LogP contribution in [0.15, 0.2) is 78.9 Å². The van der Waals surface area contributed by atoms with E-state index in [2.05, 4.69) is 11.0 Å². The topological polar surface area (TPSA) is 93.6 Å². The molecule has 2 unspecified atom stereocenters. The number of urea groups is 1. The number of nitrogens with two attached hydrogens (primary N) is 1. The Hall–Kier alpha value is -3.73. The smallest absolute Gasteiger partial charge is 0.319 e. The van der Waals surface area contributed by atoms with Crippen LogP contribution >= 0.6 is 0 Å². The molecule has 0 saturated carbocycles. The Kier molecular flexibility index (Phi) is 8.89. The first-order valence-corrected chi connectivity index (χ1v) is 12.7. The second kappa shape index (κ2) is 12.5. The van der Waals surface area contributed by atoms with E-state index < -0.39 is 12.1 Å². The number of nitriles is 1. The molecule has 3 N–H and O–H groups in total. The lowest BCUT2D eigenvalue weighted by Gasteiger charge is -2.41. The fourth-order valence-corrected chi connectivity index (χ4v) is 5.18. The molecule has 1 fully saturated rings. The molecule has 4 rings (SSSR count). The molecule has 7 heteroatoms. The molecule has 0 aliphatic carbocycles. The summed E-state index contributed by atoms with van der Waals surface area (Å²) in [7, 11) is 0. The first-order valence-electron chi connectivity index (χ1n) is 12.7. The number of carbonyl (C=O) groups is 1. The predicted molar refractivity (Wildman–Crippen MR) is 142 cm³/mol. The Morgan fingerprint density at radius 1 is 1.05 bits per heavy atom. The lowest BCUT2D eigenvalue weighted by Crippen LogP contribution is -2.53. The van der Waals surface area contributed by atoms with Crippen molar-refractivity contribution in [2.75, 3.05) is 24.5 Å². The molecule has 37 heavy (non-hydrogen) atoms. The number of benzene rings is 3. The van der Waals surface area contributed by atoms with Gasteiger partial charge in [-0.25, -0.2) is 9.18 Å². The van der Waals surface area contributed by atoms with E-state index in [-0.39, 0.29) is 18.4 Å². The standard InChI is InChI=1S/C30H33FN4O2/c31-26-11-9-23(10-12-26)17-24-13-15-34(16-14-24)28(19-22-5-2-1-3-6-22)29(36)21-35(30(33)37)27-8-4-7-25(18-27)20-32/h1-12,18,24,28-29,36H,13-17,19,21H2,(H2,33,37). The van der Waals surface area contributed by atoms with Gasteiger partial charge in [-0.2, -0.15) is 5.26 Å². The van der Waals surface area contributed by atoms with E-state index in [9.17, 15) is 19.6 Å². The molecule has 6 nitrogen and oxygen atoms in total. The molecule has 3 aromatic rings.